The monoisotopic (exact) mass is 382 g/mol. The second-order valence-corrected chi connectivity index (χ2v) is 7.52. The van der Waals surface area contributed by atoms with Crippen molar-refractivity contribution in [1.29, 1.82) is 0 Å². The fourth-order valence-corrected chi connectivity index (χ4v) is 3.76. The summed E-state index contributed by atoms with van der Waals surface area (Å²) >= 11 is 11.4. The summed E-state index contributed by atoms with van der Waals surface area (Å²) in [6.45, 7) is 4.43. The van der Waals surface area contributed by atoms with Gasteiger partial charge in [0.25, 0.3) is 0 Å². The third kappa shape index (κ3) is 6.15. The van der Waals surface area contributed by atoms with E-state index in [1.54, 1.807) is 0 Å². The van der Waals surface area contributed by atoms with Gasteiger partial charge in [0.05, 0.1) is 5.92 Å². The molecule has 2 rings (SSSR count). The summed E-state index contributed by atoms with van der Waals surface area (Å²) in [6, 6.07) is 7.70. The quantitative estimate of drug-likeness (QED) is 0.688. The molecule has 1 aromatic rings. The van der Waals surface area contributed by atoms with E-state index in [0.29, 0.717) is 6.54 Å². The Labute approximate surface area is 160 Å². The van der Waals surface area contributed by atoms with Crippen molar-refractivity contribution in [2.45, 2.75) is 45.6 Å². The van der Waals surface area contributed by atoms with Crippen LogP contribution in [0.15, 0.2) is 24.3 Å². The number of thiocarbonyl (C=S) groups is 1. The van der Waals surface area contributed by atoms with Gasteiger partial charge in [-0.15, -0.1) is 0 Å². The van der Waals surface area contributed by atoms with E-state index < -0.39 is 5.97 Å². The Bertz CT molecular complexity index is 571. The van der Waals surface area contributed by atoms with Gasteiger partial charge in [0.1, 0.15) is 0 Å². The van der Waals surface area contributed by atoms with E-state index >= 15 is 0 Å². The minimum atomic E-state index is -0.643. The number of halogens is 1. The molecule has 0 aliphatic carbocycles. The Kier molecular flexibility index (Phi) is 7.97. The number of carboxylic acid groups (broad SMARTS) is 1. The molecule has 1 aliphatic heterocycles. The molecule has 1 fully saturated rings. The Morgan fingerprint density at radius 1 is 1.36 bits per heavy atom. The Morgan fingerprint density at radius 2 is 2.00 bits per heavy atom. The maximum absolute atomic E-state index is 11.5. The van der Waals surface area contributed by atoms with Gasteiger partial charge < -0.3 is 15.3 Å². The fraction of sp³-hybridized carbons (Fsp3) is 0.579. The van der Waals surface area contributed by atoms with E-state index in [-0.39, 0.29) is 11.8 Å². The highest BCUT2D eigenvalue weighted by molar-refractivity contribution is 7.80. The van der Waals surface area contributed by atoms with E-state index in [1.807, 2.05) is 24.3 Å². The summed E-state index contributed by atoms with van der Waals surface area (Å²) in [6.07, 6.45) is 4.60. The maximum atomic E-state index is 11.5. The molecule has 4 nitrogen and oxygen atoms in total. The summed E-state index contributed by atoms with van der Waals surface area (Å²) in [5.41, 5.74) is 1.13. The second-order valence-electron chi connectivity index (χ2n) is 6.70. The van der Waals surface area contributed by atoms with Crippen LogP contribution in [0.5, 0.6) is 0 Å². The average Bonchev–Trinajstić information content (AvgIpc) is 2.61. The van der Waals surface area contributed by atoms with Gasteiger partial charge in [0.2, 0.25) is 0 Å². The van der Waals surface area contributed by atoms with E-state index in [9.17, 15) is 9.90 Å². The fourth-order valence-electron chi connectivity index (χ4n) is 3.38. The molecule has 0 aromatic heterocycles. The molecule has 1 saturated heterocycles. The van der Waals surface area contributed by atoms with E-state index in [0.717, 1.165) is 60.9 Å². The highest BCUT2D eigenvalue weighted by Crippen LogP contribution is 2.29. The van der Waals surface area contributed by atoms with Crippen molar-refractivity contribution in [3.8, 4) is 0 Å². The second kappa shape index (κ2) is 9.97. The van der Waals surface area contributed by atoms with Gasteiger partial charge in [0.15, 0.2) is 5.11 Å². The number of nitrogens with one attached hydrogen (secondary N) is 1. The van der Waals surface area contributed by atoms with Gasteiger partial charge in [0, 0.05) is 24.7 Å². The van der Waals surface area contributed by atoms with Crippen LogP contribution in [-0.4, -0.2) is 34.2 Å². The third-order valence-electron chi connectivity index (χ3n) is 4.94. The lowest BCUT2D eigenvalue weighted by molar-refractivity contribution is -0.144. The number of rotatable bonds is 7. The topological polar surface area (TPSA) is 52.6 Å². The highest BCUT2D eigenvalue weighted by atomic mass is 35.5. The van der Waals surface area contributed by atoms with Crippen molar-refractivity contribution in [2.24, 2.45) is 11.8 Å². The predicted molar refractivity (Wildman–Crippen MR) is 106 cm³/mol. The molecule has 0 amide bonds. The minimum absolute atomic E-state index is 0.210. The summed E-state index contributed by atoms with van der Waals surface area (Å²) in [7, 11) is 0. The first kappa shape index (κ1) is 20.0. The molecule has 1 aliphatic rings. The van der Waals surface area contributed by atoms with Gasteiger partial charge in [-0.05, 0) is 55.1 Å². The Hall–Kier alpha value is -1.33. The lowest BCUT2D eigenvalue weighted by Crippen LogP contribution is -2.45. The standard InChI is InChI=1S/C19H27ClN2O2S/c1-2-3-4-17(18(23)24)15-9-11-22(12-10-15)19(25)21-13-14-5-7-16(20)8-6-14/h5-8,15,17H,2-4,9-13H2,1H3,(H,21,25)(H,23,24). The zero-order valence-electron chi connectivity index (χ0n) is 14.7. The van der Waals surface area contributed by atoms with Crippen molar-refractivity contribution >= 4 is 34.9 Å². The first-order chi connectivity index (χ1) is 12.0. The molecule has 0 bridgehead atoms. The summed E-state index contributed by atoms with van der Waals surface area (Å²) in [4.78, 5) is 13.7. The molecule has 0 radical (unpaired) electrons. The molecule has 1 atom stereocenters. The number of likely N-dealkylation sites (tertiary alicyclic amines) is 1. The molecule has 1 aromatic carbocycles. The number of unbranched alkanes of at least 4 members (excludes halogenated alkanes) is 1. The third-order valence-corrected chi connectivity index (χ3v) is 5.59. The molecule has 25 heavy (non-hydrogen) atoms. The number of aliphatic carboxylic acids is 1. The van der Waals surface area contributed by atoms with Crippen LogP contribution in [0.25, 0.3) is 0 Å². The number of nitrogens with zero attached hydrogens (tertiary/aromatic N) is 1. The number of carboxylic acids is 1. The SMILES string of the molecule is CCCCC(C(=O)O)C1CCN(C(=S)NCc2ccc(Cl)cc2)CC1. The van der Waals surface area contributed by atoms with Gasteiger partial charge in [-0.2, -0.15) is 0 Å². The Morgan fingerprint density at radius 3 is 2.56 bits per heavy atom. The van der Waals surface area contributed by atoms with Gasteiger partial charge in [-0.1, -0.05) is 43.5 Å². The van der Waals surface area contributed by atoms with Crippen molar-refractivity contribution < 1.29 is 9.90 Å². The van der Waals surface area contributed by atoms with Crippen LogP contribution in [0.1, 0.15) is 44.6 Å². The number of hydrogen-bond donors (Lipinski definition) is 2. The molecular weight excluding hydrogens is 356 g/mol. The normalized spacial score (nSPS) is 16.5. The minimum Gasteiger partial charge on any atom is -0.481 e. The predicted octanol–water partition coefficient (Wildman–Crippen LogP) is 4.32. The van der Waals surface area contributed by atoms with Gasteiger partial charge >= 0.3 is 5.97 Å². The molecular formula is C19H27ClN2O2S. The van der Waals surface area contributed by atoms with E-state index in [1.165, 1.54) is 0 Å². The average molecular weight is 383 g/mol. The van der Waals surface area contributed by atoms with Crippen molar-refractivity contribution in [3.63, 3.8) is 0 Å². The molecule has 0 saturated carbocycles. The molecule has 1 unspecified atom stereocenters. The lowest BCUT2D eigenvalue weighted by Gasteiger charge is -2.36. The molecule has 138 valence electrons. The van der Waals surface area contributed by atoms with Crippen LogP contribution >= 0.6 is 23.8 Å². The summed E-state index contributed by atoms with van der Waals surface area (Å²) in [5, 5.41) is 14.3. The van der Waals surface area contributed by atoms with Gasteiger partial charge in [-0.25, -0.2) is 0 Å². The highest BCUT2D eigenvalue weighted by Gasteiger charge is 2.31. The van der Waals surface area contributed by atoms with Crippen LogP contribution < -0.4 is 5.32 Å². The Balaban J connectivity index is 1.79. The van der Waals surface area contributed by atoms with Gasteiger partial charge in [-0.3, -0.25) is 4.79 Å². The summed E-state index contributed by atoms with van der Waals surface area (Å²) < 4.78 is 0. The van der Waals surface area contributed by atoms with Crippen molar-refractivity contribution in [2.75, 3.05) is 13.1 Å². The zero-order valence-corrected chi connectivity index (χ0v) is 16.3. The van der Waals surface area contributed by atoms with Crippen LogP contribution in [0.2, 0.25) is 5.02 Å². The van der Waals surface area contributed by atoms with Crippen LogP contribution in [-0.2, 0) is 11.3 Å². The van der Waals surface area contributed by atoms with E-state index in [4.69, 9.17) is 23.8 Å². The zero-order chi connectivity index (χ0) is 18.2. The first-order valence-electron chi connectivity index (χ1n) is 9.01. The van der Waals surface area contributed by atoms with Crippen LogP contribution in [0, 0.1) is 11.8 Å². The van der Waals surface area contributed by atoms with Crippen LogP contribution in [0.3, 0.4) is 0 Å². The van der Waals surface area contributed by atoms with Crippen LogP contribution in [0.4, 0.5) is 0 Å². The first-order valence-corrected chi connectivity index (χ1v) is 9.80. The smallest absolute Gasteiger partial charge is 0.306 e. The largest absolute Gasteiger partial charge is 0.481 e. The van der Waals surface area contributed by atoms with E-state index in [2.05, 4.69) is 17.1 Å². The van der Waals surface area contributed by atoms with Crippen molar-refractivity contribution in [3.05, 3.63) is 34.9 Å². The molecule has 6 heteroatoms. The number of piperidine rings is 1. The molecule has 1 heterocycles. The summed E-state index contributed by atoms with van der Waals surface area (Å²) in [5.74, 6) is -0.590. The van der Waals surface area contributed by atoms with Crippen molar-refractivity contribution in [1.82, 2.24) is 10.2 Å². The lowest BCUT2D eigenvalue weighted by atomic mass is 9.81. The molecule has 2 N–H and O–H groups in total. The number of carbonyl (C=O) groups is 1. The number of benzene rings is 1. The number of hydrogen-bond acceptors (Lipinski definition) is 2. The molecule has 0 spiro atoms. The maximum Gasteiger partial charge on any atom is 0.306 e.